The Hall–Kier alpha value is -0.350. The Labute approximate surface area is 129 Å². The van der Waals surface area contributed by atoms with Crippen molar-refractivity contribution in [3.63, 3.8) is 0 Å². The summed E-state index contributed by atoms with van der Waals surface area (Å²) in [6.07, 6.45) is 3.38. The van der Waals surface area contributed by atoms with Gasteiger partial charge in [0.25, 0.3) is 0 Å². The first-order chi connectivity index (χ1) is 9.66. The fourth-order valence-corrected chi connectivity index (χ4v) is 4.16. The van der Waals surface area contributed by atoms with Crippen LogP contribution in [-0.2, 0) is 4.57 Å². The average molecular weight is 321 g/mol. The van der Waals surface area contributed by atoms with Gasteiger partial charge in [-0.1, -0.05) is 27.2 Å². The van der Waals surface area contributed by atoms with Crippen molar-refractivity contribution in [3.05, 3.63) is 11.3 Å². The van der Waals surface area contributed by atoms with Crippen LogP contribution in [0, 0.1) is 0 Å². The Kier molecular flexibility index (Phi) is 8.79. The molecule has 0 aliphatic heterocycles. The first-order valence-corrected chi connectivity index (χ1v) is 9.39. The van der Waals surface area contributed by atoms with E-state index in [1.807, 2.05) is 25.9 Å². The Morgan fingerprint density at radius 2 is 1.62 bits per heavy atom. The summed E-state index contributed by atoms with van der Waals surface area (Å²) in [5, 5.41) is 9.23. The van der Waals surface area contributed by atoms with E-state index in [1.54, 1.807) is 13.8 Å². The number of allylic oxidation sites excluding steroid dienone is 1. The van der Waals surface area contributed by atoms with Crippen molar-refractivity contribution in [2.45, 2.75) is 64.5 Å². The van der Waals surface area contributed by atoms with E-state index >= 15 is 0 Å². The van der Waals surface area contributed by atoms with Crippen LogP contribution in [-0.4, -0.2) is 45.6 Å². The predicted molar refractivity (Wildman–Crippen MR) is 87.7 cm³/mol. The first kappa shape index (κ1) is 20.6. The Bertz CT molecular complexity index is 383. The number of hydrogen-bond acceptors (Lipinski definition) is 3. The third-order valence-corrected chi connectivity index (χ3v) is 6.23. The molecule has 0 spiro atoms. The highest BCUT2D eigenvalue weighted by Gasteiger charge is 2.47. The summed E-state index contributed by atoms with van der Waals surface area (Å²) in [6.45, 7) is 6.26. The lowest BCUT2D eigenvalue weighted by Crippen LogP contribution is -2.32. The standard InChI is InChI=1S/C15H32NO4P/c1-6-9-10-13(14(17)11-12-16(4)5)15(7-2,8-3)21(18,19)20/h17H,6-12H2,1-5H3,(H2,18,19,20). The van der Waals surface area contributed by atoms with Crippen LogP contribution in [0.25, 0.3) is 0 Å². The number of nitrogens with zero attached hydrogens (tertiary/aromatic N) is 1. The van der Waals surface area contributed by atoms with Crippen LogP contribution < -0.4 is 0 Å². The van der Waals surface area contributed by atoms with E-state index in [1.165, 1.54) is 0 Å². The molecule has 0 amide bonds. The van der Waals surface area contributed by atoms with Crippen LogP contribution >= 0.6 is 7.60 Å². The Balaban J connectivity index is 5.73. The van der Waals surface area contributed by atoms with Crippen LogP contribution in [0.15, 0.2) is 11.3 Å². The molecule has 0 aromatic rings. The molecule has 5 nitrogen and oxygen atoms in total. The van der Waals surface area contributed by atoms with Crippen LogP contribution in [0.1, 0.15) is 59.3 Å². The van der Waals surface area contributed by atoms with Gasteiger partial charge in [0.1, 0.15) is 0 Å². The number of rotatable bonds is 10. The molecule has 0 saturated heterocycles. The van der Waals surface area contributed by atoms with Crippen molar-refractivity contribution in [1.29, 1.82) is 0 Å². The van der Waals surface area contributed by atoms with E-state index in [2.05, 4.69) is 0 Å². The molecule has 0 fully saturated rings. The fourth-order valence-electron chi connectivity index (χ4n) is 2.74. The van der Waals surface area contributed by atoms with Gasteiger partial charge < -0.3 is 19.8 Å². The van der Waals surface area contributed by atoms with Gasteiger partial charge in [-0.3, -0.25) is 4.57 Å². The minimum atomic E-state index is -4.34. The molecule has 0 bridgehead atoms. The van der Waals surface area contributed by atoms with E-state index in [-0.39, 0.29) is 5.76 Å². The first-order valence-electron chi connectivity index (χ1n) is 7.78. The molecule has 0 heterocycles. The third-order valence-electron chi connectivity index (χ3n) is 4.21. The molecule has 0 aliphatic rings. The molecule has 0 atom stereocenters. The van der Waals surface area contributed by atoms with Gasteiger partial charge >= 0.3 is 7.60 Å². The molecule has 0 saturated carbocycles. The van der Waals surface area contributed by atoms with Crippen LogP contribution in [0.2, 0.25) is 0 Å². The molecule has 0 unspecified atom stereocenters. The molecule has 0 rings (SSSR count). The van der Waals surface area contributed by atoms with E-state index in [0.29, 0.717) is 37.8 Å². The van der Waals surface area contributed by atoms with Crippen LogP contribution in [0.4, 0.5) is 0 Å². The molecule has 3 N–H and O–H groups in total. The number of aliphatic hydroxyl groups is 1. The van der Waals surface area contributed by atoms with E-state index < -0.39 is 12.8 Å². The minimum Gasteiger partial charge on any atom is -0.512 e. The third kappa shape index (κ3) is 5.41. The summed E-state index contributed by atoms with van der Waals surface area (Å²) >= 11 is 0. The SMILES string of the molecule is CCCCC(=C(O)CCN(C)C)C(CC)(CC)P(=O)(O)O. The van der Waals surface area contributed by atoms with Crippen molar-refractivity contribution in [3.8, 4) is 0 Å². The Morgan fingerprint density at radius 3 is 1.95 bits per heavy atom. The lowest BCUT2D eigenvalue weighted by Gasteiger charge is -2.36. The van der Waals surface area contributed by atoms with Crippen molar-refractivity contribution in [2.24, 2.45) is 0 Å². The summed E-state index contributed by atoms with van der Waals surface area (Å²) in [5.41, 5.74) is 0.560. The van der Waals surface area contributed by atoms with Gasteiger partial charge in [0.05, 0.1) is 10.9 Å². The summed E-state index contributed by atoms with van der Waals surface area (Å²) < 4.78 is 12.1. The maximum Gasteiger partial charge on any atom is 0.335 e. The smallest absolute Gasteiger partial charge is 0.335 e. The van der Waals surface area contributed by atoms with Gasteiger partial charge in [-0.25, -0.2) is 0 Å². The minimum absolute atomic E-state index is 0.157. The largest absolute Gasteiger partial charge is 0.512 e. The second kappa shape index (κ2) is 8.94. The van der Waals surface area contributed by atoms with Gasteiger partial charge in [-0.05, 0) is 45.4 Å². The lowest BCUT2D eigenvalue weighted by molar-refractivity contribution is 0.301. The number of hydrogen-bond donors (Lipinski definition) is 3. The second-order valence-electron chi connectivity index (χ2n) is 5.86. The molecule has 21 heavy (non-hydrogen) atoms. The zero-order valence-corrected chi connectivity index (χ0v) is 15.0. The highest BCUT2D eigenvalue weighted by atomic mass is 31.2. The molecule has 6 heteroatoms. The maximum absolute atomic E-state index is 12.1. The van der Waals surface area contributed by atoms with E-state index in [9.17, 15) is 19.5 Å². The molecule has 0 aliphatic carbocycles. The predicted octanol–water partition coefficient (Wildman–Crippen LogP) is 3.68. The fraction of sp³-hybridized carbons (Fsp3) is 0.867. The normalized spacial score (nSPS) is 14.5. The van der Waals surface area contributed by atoms with Crippen molar-refractivity contribution in [1.82, 2.24) is 4.90 Å². The zero-order chi connectivity index (χ0) is 16.7. The summed E-state index contributed by atoms with van der Waals surface area (Å²) in [6, 6.07) is 0. The van der Waals surface area contributed by atoms with Gasteiger partial charge in [-0.2, -0.15) is 0 Å². The summed E-state index contributed by atoms with van der Waals surface area (Å²) in [4.78, 5) is 21.7. The molecule has 126 valence electrons. The second-order valence-corrected chi connectivity index (χ2v) is 7.81. The number of aliphatic hydroxyl groups excluding tert-OH is 1. The molecule has 0 radical (unpaired) electrons. The van der Waals surface area contributed by atoms with Crippen LogP contribution in [0.3, 0.4) is 0 Å². The Morgan fingerprint density at radius 1 is 1.10 bits per heavy atom. The van der Waals surface area contributed by atoms with Crippen molar-refractivity contribution < 1.29 is 19.5 Å². The maximum atomic E-state index is 12.1. The highest BCUT2D eigenvalue weighted by Crippen LogP contribution is 2.59. The van der Waals surface area contributed by atoms with Crippen molar-refractivity contribution in [2.75, 3.05) is 20.6 Å². The van der Waals surface area contributed by atoms with E-state index in [4.69, 9.17) is 0 Å². The highest BCUT2D eigenvalue weighted by molar-refractivity contribution is 7.53. The molecular formula is C15H32NO4P. The average Bonchev–Trinajstić information content (AvgIpc) is 2.39. The summed E-state index contributed by atoms with van der Waals surface area (Å²) in [5.74, 6) is 0.157. The molecular weight excluding hydrogens is 289 g/mol. The topological polar surface area (TPSA) is 81.0 Å². The molecule has 0 aromatic heterocycles. The van der Waals surface area contributed by atoms with Crippen LogP contribution in [0.5, 0.6) is 0 Å². The van der Waals surface area contributed by atoms with E-state index in [0.717, 1.165) is 12.8 Å². The van der Waals surface area contributed by atoms with Gasteiger partial charge in [0, 0.05) is 13.0 Å². The van der Waals surface area contributed by atoms with Gasteiger partial charge in [0.2, 0.25) is 0 Å². The quantitative estimate of drug-likeness (QED) is 0.422. The lowest BCUT2D eigenvalue weighted by atomic mass is 9.87. The number of unbranched alkanes of at least 4 members (excludes halogenated alkanes) is 1. The summed E-state index contributed by atoms with van der Waals surface area (Å²) in [7, 11) is -0.513. The van der Waals surface area contributed by atoms with Crippen molar-refractivity contribution >= 4 is 7.60 Å². The molecule has 0 aromatic carbocycles. The van der Waals surface area contributed by atoms with Gasteiger partial charge in [-0.15, -0.1) is 0 Å². The van der Waals surface area contributed by atoms with Gasteiger partial charge in [0.15, 0.2) is 0 Å². The zero-order valence-electron chi connectivity index (χ0n) is 14.1. The monoisotopic (exact) mass is 321 g/mol.